The zero-order valence-electron chi connectivity index (χ0n) is 9.45. The van der Waals surface area contributed by atoms with Gasteiger partial charge in [0.1, 0.15) is 6.17 Å². The molecule has 2 nitrogen and oxygen atoms in total. The molecule has 84 valence electrons. The highest BCUT2D eigenvalue weighted by Crippen LogP contribution is 2.45. The van der Waals surface area contributed by atoms with Crippen molar-refractivity contribution in [3.63, 3.8) is 0 Å². The Kier molecular flexibility index (Phi) is 1.75. The van der Waals surface area contributed by atoms with Crippen LogP contribution >= 0.6 is 0 Å². The number of allylic oxidation sites excluding steroid dienone is 3. The molecule has 0 saturated heterocycles. The van der Waals surface area contributed by atoms with Crippen molar-refractivity contribution in [2.24, 2.45) is 5.92 Å². The van der Waals surface area contributed by atoms with Crippen molar-refractivity contribution in [2.75, 3.05) is 4.90 Å². The van der Waals surface area contributed by atoms with E-state index in [1.165, 1.54) is 11.3 Å². The number of nitrogens with one attached hydrogen (secondary N) is 1. The summed E-state index contributed by atoms with van der Waals surface area (Å²) in [6.07, 6.45) is 13.5. The van der Waals surface area contributed by atoms with Crippen LogP contribution in [0.25, 0.3) is 0 Å². The highest BCUT2D eigenvalue weighted by Gasteiger charge is 2.39. The maximum absolute atomic E-state index is 3.46. The van der Waals surface area contributed by atoms with E-state index in [9.17, 15) is 0 Å². The molecule has 3 aliphatic rings. The molecule has 0 amide bonds. The number of nitrogens with zero attached hydrogens (tertiary/aromatic N) is 1. The van der Waals surface area contributed by atoms with Gasteiger partial charge >= 0.3 is 0 Å². The number of hydrogen-bond donors (Lipinski definition) is 1. The van der Waals surface area contributed by atoms with Crippen LogP contribution in [0.4, 0.5) is 5.69 Å². The highest BCUT2D eigenvalue weighted by molar-refractivity contribution is 5.63. The second-order valence-corrected chi connectivity index (χ2v) is 4.77. The van der Waals surface area contributed by atoms with Gasteiger partial charge in [-0.25, -0.2) is 0 Å². The summed E-state index contributed by atoms with van der Waals surface area (Å²) in [5.74, 6) is 1.02. The monoisotopic (exact) mass is 222 g/mol. The van der Waals surface area contributed by atoms with Crippen molar-refractivity contribution in [3.8, 4) is 0 Å². The quantitative estimate of drug-likeness (QED) is 0.726. The van der Waals surface area contributed by atoms with Gasteiger partial charge in [-0.3, -0.25) is 0 Å². The second kappa shape index (κ2) is 3.27. The van der Waals surface area contributed by atoms with E-state index < -0.39 is 0 Å². The molecule has 1 aromatic carbocycles. The lowest BCUT2D eigenvalue weighted by Crippen LogP contribution is -2.47. The van der Waals surface area contributed by atoms with E-state index >= 15 is 0 Å². The van der Waals surface area contributed by atoms with Gasteiger partial charge in [0, 0.05) is 29.9 Å². The van der Waals surface area contributed by atoms with Crippen LogP contribution in [0.5, 0.6) is 0 Å². The van der Waals surface area contributed by atoms with Crippen molar-refractivity contribution >= 4 is 5.69 Å². The lowest BCUT2D eigenvalue weighted by Gasteiger charge is -2.42. The molecule has 0 radical (unpaired) electrons. The summed E-state index contributed by atoms with van der Waals surface area (Å²) in [6.45, 7) is 0. The third kappa shape index (κ3) is 1.15. The van der Waals surface area contributed by atoms with Crippen LogP contribution in [-0.2, 0) is 0 Å². The lowest BCUT2D eigenvalue weighted by atomic mass is 9.77. The Morgan fingerprint density at radius 2 is 1.94 bits per heavy atom. The SMILES string of the molecule is C1=CC2c3ccccc3N3C=CNC3C2C=C1. The fourth-order valence-corrected chi connectivity index (χ4v) is 3.16. The van der Waals surface area contributed by atoms with Crippen LogP contribution in [0.15, 0.2) is 61.0 Å². The average Bonchev–Trinajstić information content (AvgIpc) is 2.89. The molecule has 1 N–H and O–H groups in total. The van der Waals surface area contributed by atoms with Gasteiger partial charge in [0.2, 0.25) is 0 Å². The Balaban J connectivity index is 1.93. The van der Waals surface area contributed by atoms with Gasteiger partial charge in [-0.15, -0.1) is 0 Å². The van der Waals surface area contributed by atoms with Gasteiger partial charge < -0.3 is 10.2 Å². The van der Waals surface area contributed by atoms with Crippen LogP contribution in [-0.4, -0.2) is 6.17 Å². The first kappa shape index (κ1) is 9.11. The summed E-state index contributed by atoms with van der Waals surface area (Å²) in [5.41, 5.74) is 2.77. The summed E-state index contributed by atoms with van der Waals surface area (Å²) in [6, 6.07) is 8.71. The fraction of sp³-hybridized carbons (Fsp3) is 0.200. The Morgan fingerprint density at radius 1 is 1.06 bits per heavy atom. The molecule has 17 heavy (non-hydrogen) atoms. The molecule has 0 fully saturated rings. The van der Waals surface area contributed by atoms with E-state index in [0.717, 1.165) is 0 Å². The molecule has 0 spiro atoms. The first-order valence-corrected chi connectivity index (χ1v) is 6.10. The zero-order chi connectivity index (χ0) is 11.2. The molecule has 1 aliphatic carbocycles. The third-order valence-corrected chi connectivity index (χ3v) is 3.92. The van der Waals surface area contributed by atoms with Crippen molar-refractivity contribution in [2.45, 2.75) is 12.1 Å². The normalized spacial score (nSPS) is 31.8. The smallest absolute Gasteiger partial charge is 0.110 e. The van der Waals surface area contributed by atoms with Gasteiger partial charge in [-0.05, 0) is 11.6 Å². The van der Waals surface area contributed by atoms with Crippen molar-refractivity contribution in [1.82, 2.24) is 5.32 Å². The molecule has 3 unspecified atom stereocenters. The van der Waals surface area contributed by atoms with Crippen LogP contribution in [0, 0.1) is 5.92 Å². The molecule has 2 heteroatoms. The summed E-state index contributed by atoms with van der Waals surface area (Å²) < 4.78 is 0. The van der Waals surface area contributed by atoms with E-state index in [2.05, 4.69) is 71.2 Å². The second-order valence-electron chi connectivity index (χ2n) is 4.77. The molecular weight excluding hydrogens is 208 g/mol. The number of para-hydroxylation sites is 1. The predicted molar refractivity (Wildman–Crippen MR) is 69.5 cm³/mol. The fourth-order valence-electron chi connectivity index (χ4n) is 3.16. The molecule has 0 aromatic heterocycles. The van der Waals surface area contributed by atoms with E-state index in [0.29, 0.717) is 18.0 Å². The molecule has 0 bridgehead atoms. The predicted octanol–water partition coefficient (Wildman–Crippen LogP) is 2.73. The van der Waals surface area contributed by atoms with E-state index in [4.69, 9.17) is 0 Å². The lowest BCUT2D eigenvalue weighted by molar-refractivity contribution is 0.415. The highest BCUT2D eigenvalue weighted by atomic mass is 15.3. The summed E-state index contributed by atoms with van der Waals surface area (Å²) in [7, 11) is 0. The minimum absolute atomic E-state index is 0.371. The van der Waals surface area contributed by atoms with Gasteiger partial charge in [-0.2, -0.15) is 0 Å². The van der Waals surface area contributed by atoms with Crippen LogP contribution in [0.3, 0.4) is 0 Å². The van der Waals surface area contributed by atoms with Gasteiger partial charge in [0.25, 0.3) is 0 Å². The van der Waals surface area contributed by atoms with Crippen LogP contribution in [0.1, 0.15) is 11.5 Å². The van der Waals surface area contributed by atoms with Gasteiger partial charge in [0.15, 0.2) is 0 Å². The van der Waals surface area contributed by atoms with Crippen LogP contribution < -0.4 is 10.2 Å². The average molecular weight is 222 g/mol. The van der Waals surface area contributed by atoms with E-state index in [1.807, 2.05) is 0 Å². The maximum Gasteiger partial charge on any atom is 0.110 e. The van der Waals surface area contributed by atoms with Crippen molar-refractivity contribution in [1.29, 1.82) is 0 Å². The molecule has 1 aromatic rings. The standard InChI is InChI=1S/C15H14N2/c1-2-7-13-11(5-1)12-6-3-4-8-14(12)17-10-9-16-15(13)17/h1-11,13,15-16H. The third-order valence-electron chi connectivity index (χ3n) is 3.92. The zero-order valence-corrected chi connectivity index (χ0v) is 9.45. The Labute approximate surface area is 101 Å². The number of hydrogen-bond acceptors (Lipinski definition) is 2. The number of anilines is 1. The van der Waals surface area contributed by atoms with Crippen molar-refractivity contribution < 1.29 is 0 Å². The topological polar surface area (TPSA) is 15.3 Å². The van der Waals surface area contributed by atoms with Gasteiger partial charge in [-0.1, -0.05) is 42.5 Å². The first-order valence-electron chi connectivity index (χ1n) is 6.10. The Hall–Kier alpha value is -1.96. The minimum Gasteiger partial charge on any atom is -0.369 e. The Morgan fingerprint density at radius 3 is 2.94 bits per heavy atom. The minimum atomic E-state index is 0.371. The molecule has 2 heterocycles. The molecule has 4 rings (SSSR count). The largest absolute Gasteiger partial charge is 0.369 e. The summed E-state index contributed by atoms with van der Waals surface area (Å²) >= 11 is 0. The Bertz CT molecular complexity index is 542. The number of benzene rings is 1. The molecule has 0 saturated carbocycles. The summed E-state index contributed by atoms with van der Waals surface area (Å²) in [5, 5.41) is 3.46. The summed E-state index contributed by atoms with van der Waals surface area (Å²) in [4.78, 5) is 2.35. The maximum atomic E-state index is 3.46. The van der Waals surface area contributed by atoms with Crippen LogP contribution in [0.2, 0.25) is 0 Å². The van der Waals surface area contributed by atoms with Crippen molar-refractivity contribution in [3.05, 3.63) is 66.5 Å². The van der Waals surface area contributed by atoms with E-state index in [1.54, 1.807) is 0 Å². The number of rotatable bonds is 0. The molecular formula is C15H14N2. The van der Waals surface area contributed by atoms with E-state index in [-0.39, 0.29) is 0 Å². The number of fused-ring (bicyclic) bond motifs is 6. The molecule has 2 aliphatic heterocycles. The molecule has 3 atom stereocenters. The van der Waals surface area contributed by atoms with Gasteiger partial charge in [0.05, 0.1) is 0 Å². The first-order chi connectivity index (χ1) is 8.45.